The fourth-order valence-electron chi connectivity index (χ4n) is 5.88. The van der Waals surface area contributed by atoms with Gasteiger partial charge in [-0.3, -0.25) is 4.79 Å². The lowest BCUT2D eigenvalue weighted by molar-refractivity contribution is -0.121. The van der Waals surface area contributed by atoms with E-state index >= 15 is 13.2 Å². The normalized spacial score (nSPS) is 18.9. The van der Waals surface area contributed by atoms with Crippen molar-refractivity contribution in [2.75, 3.05) is 44.8 Å². The van der Waals surface area contributed by atoms with Gasteiger partial charge in [0.05, 0.1) is 36.5 Å². The van der Waals surface area contributed by atoms with E-state index in [0.717, 1.165) is 18.9 Å². The van der Waals surface area contributed by atoms with Gasteiger partial charge in [0.25, 0.3) is 5.92 Å². The number of nitrogens with zero attached hydrogens (tertiary/aromatic N) is 3. The maximum atomic E-state index is 15.8. The molecule has 3 aliphatic rings. The van der Waals surface area contributed by atoms with Crippen LogP contribution in [0.3, 0.4) is 0 Å². The molecule has 0 radical (unpaired) electrons. The van der Waals surface area contributed by atoms with Crippen LogP contribution in [0.2, 0.25) is 0 Å². The van der Waals surface area contributed by atoms with E-state index in [2.05, 4.69) is 20.6 Å². The van der Waals surface area contributed by atoms with Crippen LogP contribution >= 0.6 is 0 Å². The van der Waals surface area contributed by atoms with Crippen LogP contribution in [0.15, 0.2) is 24.5 Å². The van der Waals surface area contributed by atoms with Crippen LogP contribution < -0.4 is 10.6 Å². The van der Waals surface area contributed by atoms with Gasteiger partial charge in [0.15, 0.2) is 6.29 Å². The quantitative estimate of drug-likeness (QED) is 0.393. The van der Waals surface area contributed by atoms with Crippen molar-refractivity contribution in [3.63, 3.8) is 0 Å². The van der Waals surface area contributed by atoms with Crippen LogP contribution in [0.4, 0.5) is 23.8 Å². The predicted molar refractivity (Wildman–Crippen MR) is 161 cm³/mol. The van der Waals surface area contributed by atoms with Crippen molar-refractivity contribution in [2.24, 2.45) is 5.92 Å². The van der Waals surface area contributed by atoms with Crippen LogP contribution in [0.1, 0.15) is 75.1 Å². The molecule has 11 nitrogen and oxygen atoms in total. The number of carbonyl (C=O) groups is 2. The Morgan fingerprint density at radius 1 is 1.02 bits per heavy atom. The molecule has 3 fully saturated rings. The molecule has 0 unspecified atom stereocenters. The SMILES string of the molecule is CC(C)(C)OC(=O)N1CCC(C(F)(F)c2cccc(CNc3ncnc(CC(=O)NC4CCOCC4)c3C3OCCO3)c2F)CC1. The Morgan fingerprint density at radius 2 is 1.72 bits per heavy atom. The van der Waals surface area contributed by atoms with Crippen LogP contribution in [-0.4, -0.2) is 78.0 Å². The fraction of sp³-hybridized carbons (Fsp3) is 0.625. The zero-order valence-electron chi connectivity index (χ0n) is 26.5. The van der Waals surface area contributed by atoms with Gasteiger partial charge in [-0.15, -0.1) is 0 Å². The predicted octanol–water partition coefficient (Wildman–Crippen LogP) is 4.85. The van der Waals surface area contributed by atoms with Crippen molar-refractivity contribution in [1.29, 1.82) is 0 Å². The number of piperidine rings is 1. The summed E-state index contributed by atoms with van der Waals surface area (Å²) in [4.78, 5) is 35.3. The summed E-state index contributed by atoms with van der Waals surface area (Å²) in [6, 6.07) is 3.94. The number of alkyl halides is 2. The molecule has 252 valence electrons. The number of aromatic nitrogens is 2. The molecule has 2 aromatic rings. The molecule has 0 bridgehead atoms. The van der Waals surface area contributed by atoms with Crippen LogP contribution in [0.25, 0.3) is 0 Å². The van der Waals surface area contributed by atoms with Gasteiger partial charge >= 0.3 is 6.09 Å². The van der Waals surface area contributed by atoms with Crippen molar-refractivity contribution < 1.29 is 41.7 Å². The molecular formula is C32H42F3N5O6. The Kier molecular flexibility index (Phi) is 10.7. The molecule has 1 aromatic carbocycles. The standard InChI is InChI=1S/C32H42F3N5O6/c1-31(2,3)46-30(42)40-11-7-21(8-12-40)32(34,35)23-6-4-5-20(27(23)33)18-36-28-26(29-44-15-16-45-29)24(37-19-38-28)17-25(41)39-22-9-13-43-14-10-22/h4-6,19,21-22,29H,7-18H2,1-3H3,(H,39,41)(H,36,37,38). The van der Waals surface area contributed by atoms with Gasteiger partial charge in [0.2, 0.25) is 5.91 Å². The van der Waals surface area contributed by atoms with Gasteiger partial charge in [0, 0.05) is 50.4 Å². The molecule has 46 heavy (non-hydrogen) atoms. The number of likely N-dealkylation sites (tertiary alicyclic amines) is 1. The summed E-state index contributed by atoms with van der Waals surface area (Å²) in [5.41, 5.74) is -0.591. The van der Waals surface area contributed by atoms with Crippen molar-refractivity contribution in [2.45, 2.75) is 83.3 Å². The number of nitrogens with one attached hydrogen (secondary N) is 2. The Labute approximate surface area is 266 Å². The minimum Gasteiger partial charge on any atom is -0.444 e. The summed E-state index contributed by atoms with van der Waals surface area (Å²) in [5.74, 6) is -5.61. The summed E-state index contributed by atoms with van der Waals surface area (Å²) < 4.78 is 69.4. The number of anilines is 1. The second kappa shape index (κ2) is 14.5. The van der Waals surface area contributed by atoms with E-state index < -0.39 is 41.2 Å². The molecule has 3 saturated heterocycles. The number of halogens is 3. The fourth-order valence-corrected chi connectivity index (χ4v) is 5.88. The molecule has 1 aromatic heterocycles. The zero-order chi connectivity index (χ0) is 32.9. The molecule has 0 aliphatic carbocycles. The number of hydrogen-bond donors (Lipinski definition) is 2. The highest BCUT2D eigenvalue weighted by Crippen LogP contribution is 2.43. The maximum Gasteiger partial charge on any atom is 0.410 e. The van der Waals surface area contributed by atoms with Crippen molar-refractivity contribution >= 4 is 17.8 Å². The first-order valence-electron chi connectivity index (χ1n) is 15.7. The average Bonchev–Trinajstić information content (AvgIpc) is 3.55. The summed E-state index contributed by atoms with van der Waals surface area (Å²) >= 11 is 0. The van der Waals surface area contributed by atoms with Gasteiger partial charge in [0.1, 0.15) is 23.6 Å². The molecule has 14 heteroatoms. The third kappa shape index (κ3) is 8.26. The monoisotopic (exact) mass is 649 g/mol. The molecule has 2 amide bonds. The Balaban J connectivity index is 1.28. The van der Waals surface area contributed by atoms with E-state index in [4.69, 9.17) is 18.9 Å². The molecule has 4 heterocycles. The number of rotatable bonds is 9. The number of carbonyl (C=O) groups excluding carboxylic acids is 2. The Bertz CT molecular complexity index is 1370. The first kappa shape index (κ1) is 33.9. The minimum absolute atomic E-state index is 0.00469. The molecule has 3 aliphatic heterocycles. The number of benzene rings is 1. The number of hydrogen-bond acceptors (Lipinski definition) is 9. The van der Waals surface area contributed by atoms with E-state index in [9.17, 15) is 9.59 Å². The van der Waals surface area contributed by atoms with Crippen molar-refractivity contribution in [3.8, 4) is 0 Å². The van der Waals surface area contributed by atoms with E-state index in [1.54, 1.807) is 20.8 Å². The van der Waals surface area contributed by atoms with Crippen LogP contribution in [0, 0.1) is 11.7 Å². The van der Waals surface area contributed by atoms with E-state index in [1.165, 1.54) is 23.4 Å². The minimum atomic E-state index is -3.46. The van der Waals surface area contributed by atoms with Gasteiger partial charge < -0.3 is 34.5 Å². The molecule has 0 atom stereocenters. The third-order valence-electron chi connectivity index (χ3n) is 8.28. The lowest BCUT2D eigenvalue weighted by Gasteiger charge is -2.36. The van der Waals surface area contributed by atoms with Gasteiger partial charge in [-0.25, -0.2) is 27.9 Å². The smallest absolute Gasteiger partial charge is 0.410 e. The summed E-state index contributed by atoms with van der Waals surface area (Å²) in [6.07, 6.45) is 1.28. The van der Waals surface area contributed by atoms with Gasteiger partial charge in [-0.05, 0) is 46.5 Å². The lowest BCUT2D eigenvalue weighted by Crippen LogP contribution is -2.44. The third-order valence-corrected chi connectivity index (χ3v) is 8.28. The van der Waals surface area contributed by atoms with Gasteiger partial charge in [-0.2, -0.15) is 0 Å². The van der Waals surface area contributed by atoms with E-state index in [0.29, 0.717) is 37.7 Å². The molecule has 0 saturated carbocycles. The largest absolute Gasteiger partial charge is 0.444 e. The van der Waals surface area contributed by atoms with Crippen LogP contribution in [0.5, 0.6) is 0 Å². The molecule has 5 rings (SSSR count). The molecule has 0 spiro atoms. The Hall–Kier alpha value is -3.49. The second-order valence-corrected chi connectivity index (χ2v) is 12.8. The summed E-state index contributed by atoms with van der Waals surface area (Å²) in [5, 5.41) is 6.04. The zero-order valence-corrected chi connectivity index (χ0v) is 26.5. The summed E-state index contributed by atoms with van der Waals surface area (Å²) in [7, 11) is 0. The van der Waals surface area contributed by atoms with E-state index in [-0.39, 0.29) is 62.2 Å². The van der Waals surface area contributed by atoms with Crippen LogP contribution in [-0.2, 0) is 42.6 Å². The first-order valence-corrected chi connectivity index (χ1v) is 15.7. The maximum absolute atomic E-state index is 15.8. The first-order chi connectivity index (χ1) is 21.9. The number of ether oxygens (including phenoxy) is 4. The number of amides is 2. The highest BCUT2D eigenvalue weighted by atomic mass is 19.3. The summed E-state index contributed by atoms with van der Waals surface area (Å²) in [6.45, 7) is 7.06. The average molecular weight is 650 g/mol. The Morgan fingerprint density at radius 3 is 2.39 bits per heavy atom. The van der Waals surface area contributed by atoms with E-state index in [1.807, 2.05) is 0 Å². The highest BCUT2D eigenvalue weighted by molar-refractivity contribution is 5.79. The van der Waals surface area contributed by atoms with Crippen molar-refractivity contribution in [3.05, 3.63) is 52.7 Å². The van der Waals surface area contributed by atoms with Crippen molar-refractivity contribution in [1.82, 2.24) is 20.2 Å². The molecular weight excluding hydrogens is 607 g/mol. The lowest BCUT2D eigenvalue weighted by atomic mass is 9.85. The second-order valence-electron chi connectivity index (χ2n) is 12.8. The van der Waals surface area contributed by atoms with Gasteiger partial charge in [-0.1, -0.05) is 18.2 Å². The molecule has 2 N–H and O–H groups in total. The topological polar surface area (TPSA) is 124 Å². The highest BCUT2D eigenvalue weighted by Gasteiger charge is 2.45.